The second-order valence-corrected chi connectivity index (χ2v) is 4.80. The van der Waals surface area contributed by atoms with Crippen LogP contribution in [0, 0.1) is 6.92 Å². The molecular weight excluding hydrogens is 280 g/mol. The molecule has 2 rings (SSSR count). The molecule has 0 radical (unpaired) electrons. The summed E-state index contributed by atoms with van der Waals surface area (Å²) in [5, 5.41) is 19.3. The normalized spacial score (nSPS) is 28.7. The van der Waals surface area contributed by atoms with E-state index in [0.29, 0.717) is 5.56 Å². The van der Waals surface area contributed by atoms with E-state index in [2.05, 4.69) is 11.6 Å². The molecule has 1 aromatic rings. The molecule has 21 heavy (non-hydrogen) atoms. The van der Waals surface area contributed by atoms with Crippen molar-refractivity contribution in [1.82, 2.24) is 9.55 Å². The second-order valence-electron chi connectivity index (χ2n) is 4.80. The lowest BCUT2D eigenvalue weighted by molar-refractivity contribution is -0.0687. The molecule has 1 saturated heterocycles. The van der Waals surface area contributed by atoms with Crippen LogP contribution in [0.3, 0.4) is 0 Å². The summed E-state index contributed by atoms with van der Waals surface area (Å²) < 4.78 is 12.1. The number of aromatic amines is 1. The van der Waals surface area contributed by atoms with Gasteiger partial charge in [-0.25, -0.2) is 4.79 Å². The molecule has 1 aromatic heterocycles. The molecule has 0 amide bonds. The summed E-state index contributed by atoms with van der Waals surface area (Å²) in [6.07, 6.45) is -0.939. The van der Waals surface area contributed by atoms with Crippen LogP contribution >= 0.6 is 0 Å². The molecule has 2 unspecified atom stereocenters. The van der Waals surface area contributed by atoms with Gasteiger partial charge >= 0.3 is 5.69 Å². The van der Waals surface area contributed by atoms with Gasteiger partial charge in [0.1, 0.15) is 18.3 Å². The van der Waals surface area contributed by atoms with Crippen LogP contribution in [0.2, 0.25) is 0 Å². The molecule has 1 aliphatic heterocycles. The maximum atomic E-state index is 11.9. The second kappa shape index (κ2) is 6.35. The maximum absolute atomic E-state index is 11.9. The van der Waals surface area contributed by atoms with E-state index in [1.807, 2.05) is 0 Å². The van der Waals surface area contributed by atoms with E-state index in [1.165, 1.54) is 12.3 Å². The van der Waals surface area contributed by atoms with Crippen molar-refractivity contribution in [2.45, 2.75) is 31.5 Å². The van der Waals surface area contributed by atoms with Crippen LogP contribution in [0.5, 0.6) is 0 Å². The minimum atomic E-state index is -1.10. The molecule has 1 aliphatic rings. The van der Waals surface area contributed by atoms with Crippen LogP contribution in [0.15, 0.2) is 28.4 Å². The Bertz CT molecular complexity index is 622. The van der Waals surface area contributed by atoms with E-state index < -0.39 is 42.4 Å². The van der Waals surface area contributed by atoms with Crippen LogP contribution < -0.4 is 11.2 Å². The third-order valence-electron chi connectivity index (χ3n) is 3.32. The Morgan fingerprint density at radius 1 is 1.57 bits per heavy atom. The summed E-state index contributed by atoms with van der Waals surface area (Å²) >= 11 is 0. The lowest BCUT2D eigenvalue weighted by Gasteiger charge is -2.21. The monoisotopic (exact) mass is 298 g/mol. The molecule has 116 valence electrons. The quantitative estimate of drug-likeness (QED) is 0.580. The fourth-order valence-corrected chi connectivity index (χ4v) is 2.23. The van der Waals surface area contributed by atoms with Crippen molar-refractivity contribution in [3.05, 3.63) is 45.3 Å². The predicted octanol–water partition coefficient (Wildman–Crippen LogP) is -1.33. The topological polar surface area (TPSA) is 114 Å². The Morgan fingerprint density at radius 2 is 2.29 bits per heavy atom. The smallest absolute Gasteiger partial charge is 0.330 e. The van der Waals surface area contributed by atoms with E-state index in [0.717, 1.165) is 4.57 Å². The van der Waals surface area contributed by atoms with Gasteiger partial charge in [-0.05, 0) is 6.92 Å². The molecule has 4 atom stereocenters. The fourth-order valence-electron chi connectivity index (χ4n) is 2.23. The zero-order valence-electron chi connectivity index (χ0n) is 11.6. The molecule has 0 saturated carbocycles. The van der Waals surface area contributed by atoms with Crippen LogP contribution in [0.25, 0.3) is 0 Å². The summed E-state index contributed by atoms with van der Waals surface area (Å²) in [6.45, 7) is 4.79. The first-order chi connectivity index (χ1) is 9.99. The first-order valence-corrected chi connectivity index (χ1v) is 6.48. The third kappa shape index (κ3) is 2.98. The van der Waals surface area contributed by atoms with E-state index in [-0.39, 0.29) is 6.61 Å². The maximum Gasteiger partial charge on any atom is 0.330 e. The van der Waals surface area contributed by atoms with Crippen LogP contribution in [-0.4, -0.2) is 51.3 Å². The third-order valence-corrected chi connectivity index (χ3v) is 3.32. The molecule has 1 fully saturated rings. The summed E-state index contributed by atoms with van der Waals surface area (Å²) in [5.41, 5.74) is -0.840. The zero-order valence-corrected chi connectivity index (χ0v) is 11.6. The molecule has 3 N–H and O–H groups in total. The number of nitrogens with one attached hydrogen (secondary N) is 1. The number of aryl methyl sites for hydroxylation is 1. The molecule has 0 spiro atoms. The number of H-pyrrole nitrogens is 1. The van der Waals surface area contributed by atoms with Crippen LogP contribution in [-0.2, 0) is 9.47 Å². The van der Waals surface area contributed by atoms with Crippen molar-refractivity contribution in [2.75, 3.05) is 13.2 Å². The van der Waals surface area contributed by atoms with Gasteiger partial charge in [-0.15, -0.1) is 6.58 Å². The summed E-state index contributed by atoms with van der Waals surface area (Å²) in [7, 11) is 0. The Balaban J connectivity index is 2.40. The number of aliphatic hydroxyl groups is 2. The number of hydrogen-bond donors (Lipinski definition) is 3. The minimum Gasteiger partial charge on any atom is -0.394 e. The highest BCUT2D eigenvalue weighted by Crippen LogP contribution is 2.30. The van der Waals surface area contributed by atoms with Crippen molar-refractivity contribution >= 4 is 0 Å². The Kier molecular flexibility index (Phi) is 4.73. The molecule has 8 nitrogen and oxygen atoms in total. The number of hydrogen-bond acceptors (Lipinski definition) is 6. The van der Waals surface area contributed by atoms with Crippen molar-refractivity contribution in [1.29, 1.82) is 0 Å². The average molecular weight is 298 g/mol. The zero-order chi connectivity index (χ0) is 15.6. The number of rotatable bonds is 5. The Labute approximate surface area is 120 Å². The highest BCUT2D eigenvalue weighted by atomic mass is 16.6. The Hall–Kier alpha value is -1.74. The molecule has 0 aliphatic carbocycles. The number of ether oxygens (including phenoxy) is 2. The fraction of sp³-hybridized carbons (Fsp3) is 0.538. The van der Waals surface area contributed by atoms with Gasteiger partial charge in [0.25, 0.3) is 5.56 Å². The van der Waals surface area contributed by atoms with E-state index >= 15 is 0 Å². The van der Waals surface area contributed by atoms with Crippen molar-refractivity contribution in [2.24, 2.45) is 0 Å². The molecule has 0 bridgehead atoms. The van der Waals surface area contributed by atoms with Crippen molar-refractivity contribution < 1.29 is 19.7 Å². The molecule has 8 heteroatoms. The summed E-state index contributed by atoms with van der Waals surface area (Å²) in [5.74, 6) is 0. The first kappa shape index (κ1) is 15.6. The van der Waals surface area contributed by atoms with Crippen LogP contribution in [0.1, 0.15) is 11.8 Å². The van der Waals surface area contributed by atoms with Gasteiger partial charge < -0.3 is 19.7 Å². The lowest BCUT2D eigenvalue weighted by Crippen LogP contribution is -2.40. The number of aliphatic hydroxyl groups excluding tert-OH is 2. The number of nitrogens with zero attached hydrogens (tertiary/aromatic N) is 1. The van der Waals surface area contributed by atoms with Gasteiger partial charge in [-0.1, -0.05) is 6.08 Å². The van der Waals surface area contributed by atoms with Gasteiger partial charge in [-0.3, -0.25) is 14.3 Å². The molecule has 2 heterocycles. The average Bonchev–Trinajstić information content (AvgIpc) is 2.77. The van der Waals surface area contributed by atoms with Crippen LogP contribution in [0.4, 0.5) is 0 Å². The summed E-state index contributed by atoms with van der Waals surface area (Å²) in [4.78, 5) is 25.5. The van der Waals surface area contributed by atoms with Crippen molar-refractivity contribution in [3.63, 3.8) is 0 Å². The first-order valence-electron chi connectivity index (χ1n) is 6.48. The SMILES string of the molecule is C=CCOC1C(O)[C@@H](CO)O[C@H]1n1cc(C)c(=O)[nH]c1=O. The predicted molar refractivity (Wildman–Crippen MR) is 73.0 cm³/mol. The minimum absolute atomic E-state index is 0.150. The molecular formula is C13H18N2O6. The van der Waals surface area contributed by atoms with Crippen molar-refractivity contribution in [3.8, 4) is 0 Å². The van der Waals surface area contributed by atoms with Gasteiger partial charge in [0.2, 0.25) is 0 Å². The van der Waals surface area contributed by atoms with E-state index in [9.17, 15) is 19.8 Å². The summed E-state index contributed by atoms with van der Waals surface area (Å²) in [6, 6.07) is 0. The van der Waals surface area contributed by atoms with Gasteiger partial charge in [0.05, 0.1) is 13.2 Å². The van der Waals surface area contributed by atoms with Gasteiger partial charge in [0, 0.05) is 11.8 Å². The Morgan fingerprint density at radius 3 is 2.90 bits per heavy atom. The highest BCUT2D eigenvalue weighted by Gasteiger charge is 2.45. The van der Waals surface area contributed by atoms with Gasteiger partial charge in [-0.2, -0.15) is 0 Å². The van der Waals surface area contributed by atoms with E-state index in [4.69, 9.17) is 9.47 Å². The number of aromatic nitrogens is 2. The van der Waals surface area contributed by atoms with E-state index in [1.54, 1.807) is 6.92 Å². The van der Waals surface area contributed by atoms with Gasteiger partial charge in [0.15, 0.2) is 6.23 Å². The molecule has 0 aromatic carbocycles. The standard InChI is InChI=1S/C13H18N2O6/c1-3-4-20-10-9(17)8(6-16)21-12(10)15-5-7(2)11(18)14-13(15)19/h3,5,8-10,12,16-17H,1,4,6H2,2H3,(H,14,18,19)/t8-,9?,10?,12-/m1/s1. The largest absolute Gasteiger partial charge is 0.394 e. The lowest BCUT2D eigenvalue weighted by atomic mass is 10.1. The highest BCUT2D eigenvalue weighted by molar-refractivity contribution is 5.03.